The van der Waals surface area contributed by atoms with E-state index in [2.05, 4.69) is 5.32 Å². The van der Waals surface area contributed by atoms with Crippen LogP contribution < -0.4 is 5.32 Å². The highest BCUT2D eigenvalue weighted by molar-refractivity contribution is 6.22. The SMILES string of the molecule is O=C(COC(=O)c1ccc2c(c1)C(=O)N(CC1CCCO1)C2=O)NCc1ccccc1F. The van der Waals surface area contributed by atoms with Gasteiger partial charge in [0.15, 0.2) is 6.61 Å². The number of nitrogens with one attached hydrogen (secondary N) is 1. The Morgan fingerprint density at radius 1 is 1.12 bits per heavy atom. The molecule has 166 valence electrons. The summed E-state index contributed by atoms with van der Waals surface area (Å²) in [5.74, 6) is -2.77. The van der Waals surface area contributed by atoms with E-state index < -0.39 is 36.1 Å². The van der Waals surface area contributed by atoms with Crippen molar-refractivity contribution < 1.29 is 33.0 Å². The first kappa shape index (κ1) is 21.6. The second-order valence-corrected chi connectivity index (χ2v) is 7.56. The monoisotopic (exact) mass is 440 g/mol. The smallest absolute Gasteiger partial charge is 0.338 e. The predicted molar refractivity (Wildman–Crippen MR) is 109 cm³/mol. The number of fused-ring (bicyclic) bond motifs is 1. The van der Waals surface area contributed by atoms with Gasteiger partial charge < -0.3 is 14.8 Å². The molecule has 1 N–H and O–H groups in total. The van der Waals surface area contributed by atoms with Gasteiger partial charge in [0.25, 0.3) is 17.7 Å². The third kappa shape index (κ3) is 4.52. The lowest BCUT2D eigenvalue weighted by molar-refractivity contribution is -0.124. The molecule has 3 amide bonds. The summed E-state index contributed by atoms with van der Waals surface area (Å²) in [7, 11) is 0. The second kappa shape index (κ2) is 9.27. The lowest BCUT2D eigenvalue weighted by atomic mass is 10.1. The topological polar surface area (TPSA) is 102 Å². The molecule has 0 spiro atoms. The zero-order valence-electron chi connectivity index (χ0n) is 17.1. The van der Waals surface area contributed by atoms with Gasteiger partial charge in [-0.1, -0.05) is 18.2 Å². The number of rotatable bonds is 7. The van der Waals surface area contributed by atoms with E-state index in [1.54, 1.807) is 12.1 Å². The normalized spacial score (nSPS) is 17.4. The maximum absolute atomic E-state index is 13.6. The minimum Gasteiger partial charge on any atom is -0.452 e. The highest BCUT2D eigenvalue weighted by Gasteiger charge is 2.38. The van der Waals surface area contributed by atoms with Crippen LogP contribution in [0.5, 0.6) is 0 Å². The molecule has 0 radical (unpaired) electrons. The molecule has 4 rings (SSSR count). The lowest BCUT2D eigenvalue weighted by Gasteiger charge is -2.17. The van der Waals surface area contributed by atoms with Gasteiger partial charge in [-0.05, 0) is 37.1 Å². The molecule has 1 fully saturated rings. The van der Waals surface area contributed by atoms with Crippen molar-refractivity contribution >= 4 is 23.7 Å². The average molecular weight is 440 g/mol. The number of carbonyl (C=O) groups is 4. The summed E-state index contributed by atoms with van der Waals surface area (Å²) < 4.78 is 24.1. The number of hydrogen-bond donors (Lipinski definition) is 1. The number of amides is 3. The van der Waals surface area contributed by atoms with E-state index in [1.807, 2.05) is 0 Å². The molecule has 2 aromatic rings. The number of ether oxygens (including phenoxy) is 2. The van der Waals surface area contributed by atoms with E-state index in [0.29, 0.717) is 12.2 Å². The lowest BCUT2D eigenvalue weighted by Crippen LogP contribution is -2.36. The third-order valence-electron chi connectivity index (χ3n) is 5.38. The van der Waals surface area contributed by atoms with E-state index >= 15 is 0 Å². The molecule has 2 aliphatic rings. The van der Waals surface area contributed by atoms with E-state index in [0.717, 1.165) is 17.7 Å². The highest BCUT2D eigenvalue weighted by atomic mass is 19.1. The van der Waals surface area contributed by atoms with Gasteiger partial charge in [0.05, 0.1) is 29.3 Å². The van der Waals surface area contributed by atoms with Crippen molar-refractivity contribution in [2.75, 3.05) is 19.8 Å². The minimum atomic E-state index is -0.813. The average Bonchev–Trinajstić information content (AvgIpc) is 3.39. The van der Waals surface area contributed by atoms with Crippen molar-refractivity contribution in [3.63, 3.8) is 0 Å². The first-order chi connectivity index (χ1) is 15.4. The number of hydrogen-bond acceptors (Lipinski definition) is 6. The van der Waals surface area contributed by atoms with Crippen LogP contribution >= 0.6 is 0 Å². The van der Waals surface area contributed by atoms with E-state index in [4.69, 9.17) is 9.47 Å². The van der Waals surface area contributed by atoms with Gasteiger partial charge in [-0.25, -0.2) is 9.18 Å². The Labute approximate surface area is 183 Å². The number of benzene rings is 2. The van der Waals surface area contributed by atoms with Gasteiger partial charge in [-0.3, -0.25) is 19.3 Å². The molecule has 0 saturated carbocycles. The van der Waals surface area contributed by atoms with Gasteiger partial charge in [0.2, 0.25) is 0 Å². The fourth-order valence-corrected chi connectivity index (χ4v) is 3.68. The van der Waals surface area contributed by atoms with Crippen LogP contribution in [0, 0.1) is 5.82 Å². The Kier molecular flexibility index (Phi) is 6.27. The van der Waals surface area contributed by atoms with Gasteiger partial charge in [-0.15, -0.1) is 0 Å². The summed E-state index contributed by atoms with van der Waals surface area (Å²) >= 11 is 0. The van der Waals surface area contributed by atoms with E-state index in [-0.39, 0.29) is 35.9 Å². The molecule has 0 bridgehead atoms. The van der Waals surface area contributed by atoms with Crippen LogP contribution in [0.2, 0.25) is 0 Å². The van der Waals surface area contributed by atoms with Crippen LogP contribution in [0.15, 0.2) is 42.5 Å². The van der Waals surface area contributed by atoms with Crippen molar-refractivity contribution in [3.8, 4) is 0 Å². The molecule has 8 nitrogen and oxygen atoms in total. The minimum absolute atomic E-state index is 0.0426. The summed E-state index contributed by atoms with van der Waals surface area (Å²) in [6.45, 7) is 0.174. The van der Waals surface area contributed by atoms with Crippen LogP contribution in [0.25, 0.3) is 0 Å². The van der Waals surface area contributed by atoms with Gasteiger partial charge in [0, 0.05) is 18.7 Å². The molecule has 32 heavy (non-hydrogen) atoms. The number of halogens is 1. The Balaban J connectivity index is 1.34. The number of carbonyl (C=O) groups excluding carboxylic acids is 4. The zero-order chi connectivity index (χ0) is 22.7. The fraction of sp³-hybridized carbons (Fsp3) is 0.304. The van der Waals surface area contributed by atoms with Crippen LogP contribution in [-0.4, -0.2) is 54.5 Å². The maximum Gasteiger partial charge on any atom is 0.338 e. The van der Waals surface area contributed by atoms with E-state index in [1.165, 1.54) is 30.3 Å². The molecule has 2 aliphatic heterocycles. The quantitative estimate of drug-likeness (QED) is 0.523. The summed E-state index contributed by atoms with van der Waals surface area (Å²) in [6, 6.07) is 10.1. The molecule has 0 aliphatic carbocycles. The molecule has 1 unspecified atom stereocenters. The largest absolute Gasteiger partial charge is 0.452 e. The Morgan fingerprint density at radius 3 is 2.66 bits per heavy atom. The fourth-order valence-electron chi connectivity index (χ4n) is 3.68. The number of imide groups is 1. The third-order valence-corrected chi connectivity index (χ3v) is 5.38. The second-order valence-electron chi connectivity index (χ2n) is 7.56. The van der Waals surface area contributed by atoms with Crippen LogP contribution in [-0.2, 0) is 20.8 Å². The Morgan fingerprint density at radius 2 is 1.91 bits per heavy atom. The van der Waals surface area contributed by atoms with Crippen molar-refractivity contribution in [2.45, 2.75) is 25.5 Å². The molecule has 2 aromatic carbocycles. The highest BCUT2D eigenvalue weighted by Crippen LogP contribution is 2.26. The van der Waals surface area contributed by atoms with E-state index in [9.17, 15) is 23.6 Å². The van der Waals surface area contributed by atoms with Crippen molar-refractivity contribution in [2.24, 2.45) is 0 Å². The van der Waals surface area contributed by atoms with Crippen molar-refractivity contribution in [3.05, 3.63) is 70.5 Å². The number of esters is 1. The summed E-state index contributed by atoms with van der Waals surface area (Å²) in [4.78, 5) is 50.6. The molecule has 2 heterocycles. The first-order valence-corrected chi connectivity index (χ1v) is 10.2. The molecular formula is C23H21FN2O6. The standard InChI is InChI=1S/C23H21FN2O6/c24-19-6-2-1-4-15(19)11-25-20(27)13-32-23(30)14-7-8-17-18(10-14)22(29)26(21(17)28)12-16-5-3-9-31-16/h1-2,4,6-8,10,16H,3,5,9,11-13H2,(H,25,27). The first-order valence-electron chi connectivity index (χ1n) is 10.2. The summed E-state index contributed by atoms with van der Waals surface area (Å²) in [5, 5.41) is 2.47. The van der Waals surface area contributed by atoms with Crippen molar-refractivity contribution in [1.29, 1.82) is 0 Å². The van der Waals surface area contributed by atoms with Crippen LogP contribution in [0.3, 0.4) is 0 Å². The van der Waals surface area contributed by atoms with Crippen LogP contribution in [0.1, 0.15) is 49.5 Å². The molecule has 1 saturated heterocycles. The Bertz CT molecular complexity index is 1080. The molecule has 0 aromatic heterocycles. The maximum atomic E-state index is 13.6. The molecular weight excluding hydrogens is 419 g/mol. The zero-order valence-corrected chi connectivity index (χ0v) is 17.1. The summed E-state index contributed by atoms with van der Waals surface area (Å²) in [6.07, 6.45) is 1.49. The molecule has 9 heteroatoms. The van der Waals surface area contributed by atoms with Gasteiger partial charge in [0.1, 0.15) is 5.82 Å². The number of nitrogens with zero attached hydrogens (tertiary/aromatic N) is 1. The summed E-state index contributed by atoms with van der Waals surface area (Å²) in [5.41, 5.74) is 0.686. The van der Waals surface area contributed by atoms with Crippen molar-refractivity contribution in [1.82, 2.24) is 10.2 Å². The van der Waals surface area contributed by atoms with Crippen LogP contribution in [0.4, 0.5) is 4.39 Å². The molecule has 1 atom stereocenters. The Hall–Kier alpha value is -3.59. The van der Waals surface area contributed by atoms with Gasteiger partial charge in [-0.2, -0.15) is 0 Å². The predicted octanol–water partition coefficient (Wildman–Crippen LogP) is 2.07. The van der Waals surface area contributed by atoms with Gasteiger partial charge >= 0.3 is 5.97 Å².